The number of aryl methyl sites for hydroxylation is 2. The van der Waals surface area contributed by atoms with Crippen molar-refractivity contribution in [2.45, 2.75) is 40.0 Å². The van der Waals surface area contributed by atoms with Gasteiger partial charge in [-0.2, -0.15) is 5.10 Å². The van der Waals surface area contributed by atoms with E-state index in [9.17, 15) is 4.79 Å². The van der Waals surface area contributed by atoms with E-state index in [2.05, 4.69) is 26.3 Å². The van der Waals surface area contributed by atoms with Crippen LogP contribution in [0, 0.1) is 6.92 Å². The summed E-state index contributed by atoms with van der Waals surface area (Å²) >= 11 is 3.41. The average Bonchev–Trinajstić information content (AvgIpc) is 3.09. The Morgan fingerprint density at radius 2 is 1.86 bits per heavy atom. The highest BCUT2D eigenvalue weighted by molar-refractivity contribution is 9.10. The summed E-state index contributed by atoms with van der Waals surface area (Å²) in [6, 6.07) is 15.1. The zero-order valence-corrected chi connectivity index (χ0v) is 17.9. The predicted octanol–water partition coefficient (Wildman–Crippen LogP) is 5.04. The maximum Gasteiger partial charge on any atom is 0.251 e. The van der Waals surface area contributed by atoms with Crippen molar-refractivity contribution < 1.29 is 9.53 Å². The fourth-order valence-corrected chi connectivity index (χ4v) is 3.19. The van der Waals surface area contributed by atoms with Crippen LogP contribution in [0.15, 0.2) is 59.2 Å². The van der Waals surface area contributed by atoms with Gasteiger partial charge in [-0.3, -0.25) is 9.48 Å². The number of benzene rings is 2. The van der Waals surface area contributed by atoms with Crippen LogP contribution in [0.25, 0.3) is 0 Å². The average molecular weight is 442 g/mol. The van der Waals surface area contributed by atoms with Crippen molar-refractivity contribution in [3.8, 4) is 5.75 Å². The summed E-state index contributed by atoms with van der Waals surface area (Å²) in [5.41, 5.74) is 3.61. The highest BCUT2D eigenvalue weighted by atomic mass is 79.9. The van der Waals surface area contributed by atoms with Gasteiger partial charge in [-0.25, -0.2) is 0 Å². The Kier molecular flexibility index (Phi) is 6.52. The van der Waals surface area contributed by atoms with Gasteiger partial charge in [0.1, 0.15) is 12.4 Å². The van der Waals surface area contributed by atoms with Gasteiger partial charge < -0.3 is 10.1 Å². The molecule has 0 radical (unpaired) electrons. The van der Waals surface area contributed by atoms with Crippen LogP contribution in [0.2, 0.25) is 0 Å². The number of amides is 1. The first-order valence-electron chi connectivity index (χ1n) is 9.28. The number of nitrogens with zero attached hydrogens (tertiary/aromatic N) is 2. The third kappa shape index (κ3) is 5.01. The van der Waals surface area contributed by atoms with Crippen molar-refractivity contribution in [3.63, 3.8) is 0 Å². The summed E-state index contributed by atoms with van der Waals surface area (Å²) in [4.78, 5) is 12.6. The number of nitrogens with one attached hydrogen (secondary N) is 1. The Bertz CT molecular complexity index is 933. The van der Waals surface area contributed by atoms with Gasteiger partial charge in [-0.15, -0.1) is 0 Å². The summed E-state index contributed by atoms with van der Waals surface area (Å²) in [5.74, 6) is 0.707. The standard InChI is InChI=1S/C22H24BrN3O2/c1-4-26-13-21(16(3)25-26)15(2)24-22(27)18-7-5-17(6-8-18)14-28-20-11-9-19(23)10-12-20/h5-13,15H,4,14H2,1-3H3,(H,24,27)/t15-/m0/s1. The lowest BCUT2D eigenvalue weighted by Gasteiger charge is -2.13. The molecule has 0 saturated carbocycles. The fraction of sp³-hybridized carbons (Fsp3) is 0.273. The SMILES string of the molecule is CCn1cc([C@H](C)NC(=O)c2ccc(COc3ccc(Br)cc3)cc2)c(C)n1. The van der Waals surface area contributed by atoms with E-state index in [-0.39, 0.29) is 11.9 Å². The van der Waals surface area contributed by atoms with Gasteiger partial charge >= 0.3 is 0 Å². The number of carbonyl (C=O) groups excluding carboxylic acids is 1. The fourth-order valence-electron chi connectivity index (χ4n) is 2.93. The quantitative estimate of drug-likeness (QED) is 0.558. The molecule has 3 rings (SSSR count). The molecule has 1 N–H and O–H groups in total. The number of aromatic nitrogens is 2. The Balaban J connectivity index is 1.58. The molecular formula is C22H24BrN3O2. The second kappa shape index (κ2) is 9.06. The molecule has 2 aromatic carbocycles. The summed E-state index contributed by atoms with van der Waals surface area (Å²) in [5, 5.41) is 7.49. The van der Waals surface area contributed by atoms with Gasteiger partial charge in [0.2, 0.25) is 0 Å². The van der Waals surface area contributed by atoms with E-state index in [1.807, 2.05) is 80.2 Å². The van der Waals surface area contributed by atoms with E-state index < -0.39 is 0 Å². The maximum absolute atomic E-state index is 12.6. The molecule has 1 amide bonds. The molecule has 146 valence electrons. The second-order valence-corrected chi connectivity index (χ2v) is 7.58. The largest absolute Gasteiger partial charge is 0.489 e. The van der Waals surface area contributed by atoms with Crippen molar-refractivity contribution in [2.24, 2.45) is 0 Å². The molecule has 1 aromatic heterocycles. The number of ether oxygens (including phenoxy) is 1. The van der Waals surface area contributed by atoms with Crippen LogP contribution in [-0.4, -0.2) is 15.7 Å². The third-order valence-electron chi connectivity index (χ3n) is 4.56. The molecule has 0 aliphatic heterocycles. The molecule has 28 heavy (non-hydrogen) atoms. The minimum absolute atomic E-state index is 0.100. The second-order valence-electron chi connectivity index (χ2n) is 6.66. The van der Waals surface area contributed by atoms with Crippen molar-refractivity contribution in [1.29, 1.82) is 0 Å². The predicted molar refractivity (Wildman–Crippen MR) is 113 cm³/mol. The Morgan fingerprint density at radius 3 is 2.46 bits per heavy atom. The molecule has 0 aliphatic carbocycles. The summed E-state index contributed by atoms with van der Waals surface area (Å²) in [6.07, 6.45) is 1.99. The monoisotopic (exact) mass is 441 g/mol. The third-order valence-corrected chi connectivity index (χ3v) is 5.09. The zero-order chi connectivity index (χ0) is 20.1. The summed E-state index contributed by atoms with van der Waals surface area (Å²) in [6.45, 7) is 7.24. The first kappa shape index (κ1) is 20.1. The molecule has 3 aromatic rings. The Hall–Kier alpha value is -2.60. The molecule has 0 aliphatic rings. The minimum Gasteiger partial charge on any atom is -0.489 e. The Morgan fingerprint density at radius 1 is 1.18 bits per heavy atom. The smallest absolute Gasteiger partial charge is 0.251 e. The van der Waals surface area contributed by atoms with Crippen LogP contribution < -0.4 is 10.1 Å². The molecule has 5 nitrogen and oxygen atoms in total. The number of rotatable bonds is 7. The van der Waals surface area contributed by atoms with E-state index in [1.54, 1.807) is 0 Å². The molecular weight excluding hydrogens is 418 g/mol. The van der Waals surface area contributed by atoms with Crippen molar-refractivity contribution in [2.75, 3.05) is 0 Å². The topological polar surface area (TPSA) is 56.2 Å². The lowest BCUT2D eigenvalue weighted by atomic mass is 10.1. The Labute approximate surface area is 173 Å². The van der Waals surface area contributed by atoms with Crippen LogP contribution in [0.3, 0.4) is 0 Å². The lowest BCUT2D eigenvalue weighted by molar-refractivity contribution is 0.0939. The molecule has 1 heterocycles. The van der Waals surface area contributed by atoms with E-state index in [0.29, 0.717) is 12.2 Å². The van der Waals surface area contributed by atoms with Crippen molar-refractivity contribution in [1.82, 2.24) is 15.1 Å². The highest BCUT2D eigenvalue weighted by Gasteiger charge is 2.15. The van der Waals surface area contributed by atoms with Gasteiger partial charge in [-0.05, 0) is 62.7 Å². The van der Waals surface area contributed by atoms with Gasteiger partial charge in [0.05, 0.1) is 11.7 Å². The number of hydrogen-bond donors (Lipinski definition) is 1. The van der Waals surface area contributed by atoms with Crippen LogP contribution >= 0.6 is 15.9 Å². The number of hydrogen-bond acceptors (Lipinski definition) is 3. The van der Waals surface area contributed by atoms with E-state index in [0.717, 1.165) is 33.6 Å². The lowest BCUT2D eigenvalue weighted by Crippen LogP contribution is -2.26. The van der Waals surface area contributed by atoms with E-state index in [1.165, 1.54) is 0 Å². The van der Waals surface area contributed by atoms with Crippen LogP contribution in [0.5, 0.6) is 5.75 Å². The van der Waals surface area contributed by atoms with Crippen molar-refractivity contribution >= 4 is 21.8 Å². The molecule has 0 unspecified atom stereocenters. The molecule has 6 heteroatoms. The molecule has 0 bridgehead atoms. The molecule has 0 spiro atoms. The molecule has 0 saturated heterocycles. The first-order chi connectivity index (χ1) is 13.5. The van der Waals surface area contributed by atoms with Gasteiger partial charge in [-0.1, -0.05) is 28.1 Å². The van der Waals surface area contributed by atoms with Gasteiger partial charge in [0, 0.05) is 28.3 Å². The van der Waals surface area contributed by atoms with Gasteiger partial charge in [0.15, 0.2) is 0 Å². The normalized spacial score (nSPS) is 11.9. The molecule has 0 fully saturated rings. The molecule has 1 atom stereocenters. The van der Waals surface area contributed by atoms with Gasteiger partial charge in [0.25, 0.3) is 5.91 Å². The summed E-state index contributed by atoms with van der Waals surface area (Å²) < 4.78 is 8.66. The van der Waals surface area contributed by atoms with E-state index in [4.69, 9.17) is 4.74 Å². The van der Waals surface area contributed by atoms with Crippen LogP contribution in [-0.2, 0) is 13.2 Å². The zero-order valence-electron chi connectivity index (χ0n) is 16.3. The highest BCUT2D eigenvalue weighted by Crippen LogP contribution is 2.19. The van der Waals surface area contributed by atoms with Crippen molar-refractivity contribution in [3.05, 3.63) is 81.6 Å². The maximum atomic E-state index is 12.6. The number of carbonyl (C=O) groups is 1. The van der Waals surface area contributed by atoms with Crippen LogP contribution in [0.1, 0.15) is 47.1 Å². The van der Waals surface area contributed by atoms with Crippen LogP contribution in [0.4, 0.5) is 0 Å². The van der Waals surface area contributed by atoms with E-state index >= 15 is 0 Å². The summed E-state index contributed by atoms with van der Waals surface area (Å²) in [7, 11) is 0. The minimum atomic E-state index is -0.104. The number of halogens is 1. The first-order valence-corrected chi connectivity index (χ1v) is 10.1.